The lowest BCUT2D eigenvalue weighted by atomic mass is 10.0. The number of hydrogen-bond acceptors (Lipinski definition) is 3. The zero-order valence-corrected chi connectivity index (χ0v) is 13.0. The number of Topliss-reactive ketones (excluding diaryl/α,β-unsaturated/α-hetero) is 1. The van der Waals surface area contributed by atoms with Crippen LogP contribution in [-0.2, 0) is 10.0 Å². The zero-order chi connectivity index (χ0) is 14.8. The van der Waals surface area contributed by atoms with Crippen LogP contribution in [0.5, 0.6) is 0 Å². The predicted octanol–water partition coefficient (Wildman–Crippen LogP) is 2.87. The molecule has 1 N–H and O–H groups in total. The zero-order valence-electron chi connectivity index (χ0n) is 11.4. The third-order valence-corrected chi connectivity index (χ3v) is 4.56. The highest BCUT2D eigenvalue weighted by atomic mass is 35.5. The summed E-state index contributed by atoms with van der Waals surface area (Å²) in [6, 6.07) is 4.06. The number of rotatable bonds is 5. The molecule has 4 nitrogen and oxygen atoms in total. The summed E-state index contributed by atoms with van der Waals surface area (Å²) in [4.78, 5) is 11.8. The molecule has 1 rings (SSSR count). The van der Waals surface area contributed by atoms with Gasteiger partial charge in [-0.1, -0.05) is 25.4 Å². The molecule has 6 heteroatoms. The lowest BCUT2D eigenvalue weighted by Gasteiger charge is -2.12. The minimum atomic E-state index is -3.71. The number of carbonyl (C=O) groups is 1. The fourth-order valence-corrected chi connectivity index (χ4v) is 3.35. The Morgan fingerprint density at radius 2 is 1.79 bits per heavy atom. The van der Waals surface area contributed by atoms with Crippen LogP contribution in [0.4, 0.5) is 0 Å². The SMILES string of the molecule is CC(C)NS(=O)(=O)c1cc(C(=O)C(C)C)ccc1Cl. The van der Waals surface area contributed by atoms with E-state index in [2.05, 4.69) is 4.72 Å². The van der Waals surface area contributed by atoms with Crippen molar-refractivity contribution in [1.29, 1.82) is 0 Å². The Balaban J connectivity index is 3.29. The van der Waals surface area contributed by atoms with Crippen molar-refractivity contribution in [2.75, 3.05) is 0 Å². The molecule has 0 aliphatic carbocycles. The molecule has 0 aromatic heterocycles. The lowest BCUT2D eigenvalue weighted by molar-refractivity contribution is 0.0939. The Morgan fingerprint density at radius 1 is 1.21 bits per heavy atom. The second kappa shape index (κ2) is 6.03. The van der Waals surface area contributed by atoms with Crippen molar-refractivity contribution in [1.82, 2.24) is 4.72 Å². The summed E-state index contributed by atoms with van der Waals surface area (Å²) in [5, 5.41) is 0.105. The maximum Gasteiger partial charge on any atom is 0.242 e. The summed E-state index contributed by atoms with van der Waals surface area (Å²) in [5.41, 5.74) is 0.350. The van der Waals surface area contributed by atoms with Gasteiger partial charge in [-0.3, -0.25) is 4.79 Å². The predicted molar refractivity (Wildman–Crippen MR) is 76.1 cm³/mol. The van der Waals surface area contributed by atoms with Gasteiger partial charge in [0.05, 0.1) is 5.02 Å². The van der Waals surface area contributed by atoms with Crippen LogP contribution in [-0.4, -0.2) is 20.2 Å². The smallest absolute Gasteiger partial charge is 0.242 e. The molecule has 0 amide bonds. The average Bonchev–Trinajstić information content (AvgIpc) is 2.26. The highest BCUT2D eigenvalue weighted by molar-refractivity contribution is 7.89. The first-order chi connectivity index (χ1) is 8.65. The normalized spacial score (nSPS) is 12.2. The molecular formula is C13H18ClNO3S. The van der Waals surface area contributed by atoms with Gasteiger partial charge >= 0.3 is 0 Å². The van der Waals surface area contributed by atoms with E-state index in [0.29, 0.717) is 5.56 Å². The van der Waals surface area contributed by atoms with E-state index in [1.807, 2.05) is 0 Å². The fourth-order valence-electron chi connectivity index (χ4n) is 1.57. The second-order valence-corrected chi connectivity index (χ2v) is 7.03. The minimum Gasteiger partial charge on any atom is -0.294 e. The molecule has 0 heterocycles. The molecule has 0 saturated carbocycles. The van der Waals surface area contributed by atoms with E-state index in [1.54, 1.807) is 33.8 Å². The molecule has 0 saturated heterocycles. The highest BCUT2D eigenvalue weighted by Gasteiger charge is 2.21. The summed E-state index contributed by atoms with van der Waals surface area (Å²) in [6.45, 7) is 6.96. The number of sulfonamides is 1. The number of hydrogen-bond donors (Lipinski definition) is 1. The van der Waals surface area contributed by atoms with Crippen LogP contribution >= 0.6 is 11.6 Å². The van der Waals surface area contributed by atoms with E-state index in [4.69, 9.17) is 11.6 Å². The van der Waals surface area contributed by atoms with E-state index in [-0.39, 0.29) is 27.7 Å². The van der Waals surface area contributed by atoms with E-state index in [1.165, 1.54) is 12.1 Å². The monoisotopic (exact) mass is 303 g/mol. The lowest BCUT2D eigenvalue weighted by Crippen LogP contribution is -2.30. The Hall–Kier alpha value is -0.910. The molecule has 0 aliphatic heterocycles. The van der Waals surface area contributed by atoms with Crippen molar-refractivity contribution >= 4 is 27.4 Å². The van der Waals surface area contributed by atoms with Gasteiger partial charge in [0.15, 0.2) is 5.78 Å². The van der Waals surface area contributed by atoms with Crippen molar-refractivity contribution in [2.24, 2.45) is 5.92 Å². The minimum absolute atomic E-state index is 0.0608. The maximum atomic E-state index is 12.1. The Morgan fingerprint density at radius 3 is 2.26 bits per heavy atom. The fraction of sp³-hybridized carbons (Fsp3) is 0.462. The van der Waals surface area contributed by atoms with Gasteiger partial charge in [-0.05, 0) is 32.0 Å². The largest absolute Gasteiger partial charge is 0.294 e. The number of ketones is 1. The summed E-state index contributed by atoms with van der Waals surface area (Å²) in [7, 11) is -3.71. The molecule has 0 bridgehead atoms. The van der Waals surface area contributed by atoms with Crippen LogP contribution in [0.1, 0.15) is 38.1 Å². The van der Waals surface area contributed by atoms with E-state index < -0.39 is 10.0 Å². The van der Waals surface area contributed by atoms with Crippen LogP contribution in [0.15, 0.2) is 23.1 Å². The van der Waals surface area contributed by atoms with Gasteiger partial charge in [0.1, 0.15) is 4.90 Å². The van der Waals surface area contributed by atoms with E-state index in [9.17, 15) is 13.2 Å². The number of nitrogens with one attached hydrogen (secondary N) is 1. The Bertz CT molecular complexity index is 580. The quantitative estimate of drug-likeness (QED) is 0.851. The van der Waals surface area contributed by atoms with Crippen LogP contribution in [0.25, 0.3) is 0 Å². The standard InChI is InChI=1S/C13H18ClNO3S/c1-8(2)13(16)10-5-6-11(14)12(7-10)19(17,18)15-9(3)4/h5-9,15H,1-4H3. The molecule has 0 aliphatic rings. The van der Waals surface area contributed by atoms with Gasteiger partial charge in [0.25, 0.3) is 0 Å². The molecule has 0 unspecified atom stereocenters. The molecule has 0 radical (unpaired) electrons. The summed E-state index contributed by atoms with van der Waals surface area (Å²) in [5.74, 6) is -0.313. The van der Waals surface area contributed by atoms with Crippen molar-refractivity contribution in [2.45, 2.75) is 38.6 Å². The molecule has 106 valence electrons. The first-order valence-corrected chi connectivity index (χ1v) is 7.87. The van der Waals surface area contributed by atoms with Gasteiger partial charge < -0.3 is 0 Å². The summed E-state index contributed by atoms with van der Waals surface area (Å²) < 4.78 is 26.7. The highest BCUT2D eigenvalue weighted by Crippen LogP contribution is 2.24. The van der Waals surface area contributed by atoms with Gasteiger partial charge in [-0.2, -0.15) is 0 Å². The molecule has 0 spiro atoms. The van der Waals surface area contributed by atoms with Gasteiger partial charge in [-0.25, -0.2) is 13.1 Å². The number of halogens is 1. The Labute approximate surface area is 119 Å². The van der Waals surface area contributed by atoms with Gasteiger partial charge in [-0.15, -0.1) is 0 Å². The van der Waals surface area contributed by atoms with E-state index in [0.717, 1.165) is 0 Å². The van der Waals surface area contributed by atoms with Crippen molar-refractivity contribution in [3.63, 3.8) is 0 Å². The van der Waals surface area contributed by atoms with E-state index >= 15 is 0 Å². The maximum absolute atomic E-state index is 12.1. The first-order valence-electron chi connectivity index (χ1n) is 6.01. The Kier molecular flexibility index (Phi) is 5.12. The van der Waals surface area contributed by atoms with Crippen molar-refractivity contribution < 1.29 is 13.2 Å². The van der Waals surface area contributed by atoms with Crippen molar-refractivity contribution in [3.8, 4) is 0 Å². The summed E-state index contributed by atoms with van der Waals surface area (Å²) in [6.07, 6.45) is 0. The molecule has 0 fully saturated rings. The molecule has 1 aromatic rings. The number of benzene rings is 1. The average molecular weight is 304 g/mol. The topological polar surface area (TPSA) is 63.2 Å². The number of carbonyl (C=O) groups excluding carboxylic acids is 1. The van der Waals surface area contributed by atoms with Gasteiger partial charge in [0.2, 0.25) is 10.0 Å². The summed E-state index contributed by atoms with van der Waals surface area (Å²) >= 11 is 5.92. The van der Waals surface area contributed by atoms with Crippen LogP contribution in [0.3, 0.4) is 0 Å². The van der Waals surface area contributed by atoms with Crippen LogP contribution in [0.2, 0.25) is 5.02 Å². The molecule has 19 heavy (non-hydrogen) atoms. The van der Waals surface area contributed by atoms with Crippen LogP contribution < -0.4 is 4.72 Å². The molecule has 0 atom stereocenters. The second-order valence-electron chi connectivity index (χ2n) is 4.94. The molecular weight excluding hydrogens is 286 g/mol. The first kappa shape index (κ1) is 16.1. The third-order valence-electron chi connectivity index (χ3n) is 2.42. The molecule has 1 aromatic carbocycles. The van der Waals surface area contributed by atoms with Crippen molar-refractivity contribution in [3.05, 3.63) is 28.8 Å². The van der Waals surface area contributed by atoms with Gasteiger partial charge in [0, 0.05) is 17.5 Å². The van der Waals surface area contributed by atoms with Crippen LogP contribution in [0, 0.1) is 5.92 Å². The third kappa shape index (κ3) is 4.03.